The van der Waals surface area contributed by atoms with Crippen molar-refractivity contribution < 1.29 is 4.39 Å². The summed E-state index contributed by atoms with van der Waals surface area (Å²) in [6, 6.07) is 4.81. The lowest BCUT2D eigenvalue weighted by Gasteiger charge is -2.20. The summed E-state index contributed by atoms with van der Waals surface area (Å²) < 4.78 is 15.8. The Morgan fingerprint density at radius 1 is 1.26 bits per heavy atom. The SMILES string of the molecule is Fc1cccc(Cl)c1CN1CCc2nncn2CC1. The maximum atomic E-state index is 13.8. The van der Waals surface area contributed by atoms with Crippen LogP contribution in [0.25, 0.3) is 0 Å². The van der Waals surface area contributed by atoms with Crippen LogP contribution in [0.4, 0.5) is 4.39 Å². The van der Waals surface area contributed by atoms with Gasteiger partial charge in [-0.05, 0) is 12.1 Å². The van der Waals surface area contributed by atoms with Gasteiger partial charge >= 0.3 is 0 Å². The molecular weight excluding hydrogens is 267 g/mol. The van der Waals surface area contributed by atoms with Crippen molar-refractivity contribution in [2.24, 2.45) is 0 Å². The van der Waals surface area contributed by atoms with Crippen LogP contribution in [0.2, 0.25) is 5.02 Å². The molecule has 6 heteroatoms. The normalized spacial score (nSPS) is 16.1. The first-order valence-electron chi connectivity index (χ1n) is 6.26. The van der Waals surface area contributed by atoms with Crippen LogP contribution in [0, 0.1) is 5.82 Å². The molecule has 2 aromatic rings. The first-order valence-corrected chi connectivity index (χ1v) is 6.64. The van der Waals surface area contributed by atoms with E-state index in [1.807, 2.05) is 4.57 Å². The Balaban J connectivity index is 1.73. The van der Waals surface area contributed by atoms with Crippen LogP contribution in [0.1, 0.15) is 11.4 Å². The molecule has 0 amide bonds. The molecule has 1 aliphatic heterocycles. The first kappa shape index (κ1) is 12.6. The van der Waals surface area contributed by atoms with Gasteiger partial charge in [-0.15, -0.1) is 10.2 Å². The fourth-order valence-corrected chi connectivity index (χ4v) is 2.57. The molecule has 1 aliphatic rings. The predicted octanol–water partition coefficient (Wildman–Crippen LogP) is 2.13. The summed E-state index contributed by atoms with van der Waals surface area (Å²) in [5, 5.41) is 8.47. The summed E-state index contributed by atoms with van der Waals surface area (Å²) in [4.78, 5) is 2.19. The van der Waals surface area contributed by atoms with Crippen molar-refractivity contribution in [3.8, 4) is 0 Å². The highest BCUT2D eigenvalue weighted by molar-refractivity contribution is 6.31. The molecule has 0 unspecified atom stereocenters. The number of hydrogen-bond donors (Lipinski definition) is 0. The van der Waals surface area contributed by atoms with E-state index in [-0.39, 0.29) is 5.82 Å². The standard InChI is InChI=1S/C13H14ClFN4/c14-11-2-1-3-12(15)10(11)8-18-5-4-13-17-16-9-19(13)7-6-18/h1-3,9H,4-8H2. The number of rotatable bonds is 2. The topological polar surface area (TPSA) is 34.0 Å². The zero-order chi connectivity index (χ0) is 13.2. The molecule has 0 bridgehead atoms. The summed E-state index contributed by atoms with van der Waals surface area (Å²) in [5.41, 5.74) is 0.571. The Morgan fingerprint density at radius 2 is 2.16 bits per heavy atom. The maximum Gasteiger partial charge on any atom is 0.134 e. The lowest BCUT2D eigenvalue weighted by Crippen LogP contribution is -2.27. The molecule has 1 aromatic heterocycles. The van der Waals surface area contributed by atoms with Crippen LogP contribution in [-0.4, -0.2) is 32.8 Å². The van der Waals surface area contributed by atoms with Crippen LogP contribution < -0.4 is 0 Å². The third kappa shape index (κ3) is 2.62. The third-order valence-electron chi connectivity index (χ3n) is 3.45. The molecule has 0 N–H and O–H groups in total. The van der Waals surface area contributed by atoms with Gasteiger partial charge in [0, 0.05) is 43.2 Å². The van der Waals surface area contributed by atoms with Crippen LogP contribution in [0.15, 0.2) is 24.5 Å². The lowest BCUT2D eigenvalue weighted by molar-refractivity contribution is 0.267. The predicted molar refractivity (Wildman–Crippen MR) is 70.4 cm³/mol. The minimum Gasteiger partial charge on any atom is -0.316 e. The van der Waals surface area contributed by atoms with Crippen molar-refractivity contribution in [2.45, 2.75) is 19.5 Å². The monoisotopic (exact) mass is 280 g/mol. The van der Waals surface area contributed by atoms with Gasteiger partial charge in [0.05, 0.1) is 0 Å². The minimum atomic E-state index is -0.240. The molecule has 100 valence electrons. The van der Waals surface area contributed by atoms with Gasteiger partial charge < -0.3 is 4.57 Å². The second kappa shape index (κ2) is 5.27. The molecule has 0 saturated carbocycles. The molecular formula is C13H14ClFN4. The van der Waals surface area contributed by atoms with Crippen molar-refractivity contribution in [1.29, 1.82) is 0 Å². The summed E-state index contributed by atoms with van der Waals surface area (Å²) in [6.07, 6.45) is 2.57. The number of benzene rings is 1. The van der Waals surface area contributed by atoms with Gasteiger partial charge in [-0.3, -0.25) is 4.90 Å². The van der Waals surface area contributed by atoms with Gasteiger partial charge in [0.25, 0.3) is 0 Å². The fraction of sp³-hybridized carbons (Fsp3) is 0.385. The summed E-state index contributed by atoms with van der Waals surface area (Å²) in [7, 11) is 0. The Bertz CT molecular complexity index is 541. The second-order valence-corrected chi connectivity index (χ2v) is 5.07. The molecule has 19 heavy (non-hydrogen) atoms. The number of hydrogen-bond acceptors (Lipinski definition) is 3. The van der Waals surface area contributed by atoms with Crippen LogP contribution in [0.5, 0.6) is 0 Å². The van der Waals surface area contributed by atoms with E-state index >= 15 is 0 Å². The highest BCUT2D eigenvalue weighted by Gasteiger charge is 2.17. The smallest absolute Gasteiger partial charge is 0.134 e. The van der Waals surface area contributed by atoms with E-state index in [1.165, 1.54) is 6.07 Å². The quantitative estimate of drug-likeness (QED) is 0.845. The van der Waals surface area contributed by atoms with Crippen molar-refractivity contribution in [3.63, 3.8) is 0 Å². The average molecular weight is 281 g/mol. The molecule has 0 fully saturated rings. The summed E-state index contributed by atoms with van der Waals surface area (Å²) in [5.74, 6) is 0.748. The van der Waals surface area contributed by atoms with Gasteiger partial charge in [0.1, 0.15) is 18.0 Å². The Morgan fingerprint density at radius 3 is 3.00 bits per heavy atom. The van der Waals surface area contributed by atoms with E-state index in [2.05, 4.69) is 15.1 Å². The second-order valence-electron chi connectivity index (χ2n) is 4.67. The van der Waals surface area contributed by atoms with Crippen LogP contribution >= 0.6 is 11.6 Å². The molecule has 1 aromatic carbocycles. The summed E-state index contributed by atoms with van der Waals surface area (Å²) in [6.45, 7) is 3.04. The van der Waals surface area contributed by atoms with Crippen LogP contribution in [0.3, 0.4) is 0 Å². The van der Waals surface area contributed by atoms with Gasteiger partial charge in [0.15, 0.2) is 0 Å². The van der Waals surface area contributed by atoms with Crippen molar-refractivity contribution in [1.82, 2.24) is 19.7 Å². The van der Waals surface area contributed by atoms with Gasteiger partial charge in [-0.25, -0.2) is 4.39 Å². The van der Waals surface area contributed by atoms with Gasteiger partial charge in [-0.2, -0.15) is 0 Å². The van der Waals surface area contributed by atoms with Crippen molar-refractivity contribution >= 4 is 11.6 Å². The van der Waals surface area contributed by atoms with E-state index in [0.717, 1.165) is 31.9 Å². The third-order valence-corrected chi connectivity index (χ3v) is 3.80. The Kier molecular flexibility index (Phi) is 3.48. The first-order chi connectivity index (χ1) is 9.24. The van der Waals surface area contributed by atoms with E-state index < -0.39 is 0 Å². The van der Waals surface area contributed by atoms with Crippen molar-refractivity contribution in [3.05, 3.63) is 46.8 Å². The lowest BCUT2D eigenvalue weighted by atomic mass is 10.2. The zero-order valence-electron chi connectivity index (χ0n) is 10.4. The van der Waals surface area contributed by atoms with Gasteiger partial charge in [0.2, 0.25) is 0 Å². The molecule has 0 aliphatic carbocycles. The van der Waals surface area contributed by atoms with E-state index in [9.17, 15) is 4.39 Å². The molecule has 0 radical (unpaired) electrons. The molecule has 2 heterocycles. The minimum absolute atomic E-state index is 0.240. The van der Waals surface area contributed by atoms with E-state index in [0.29, 0.717) is 17.1 Å². The zero-order valence-corrected chi connectivity index (χ0v) is 11.1. The number of aromatic nitrogens is 3. The molecule has 0 saturated heterocycles. The number of halogens is 2. The summed E-state index contributed by atoms with van der Waals surface area (Å²) >= 11 is 6.06. The largest absolute Gasteiger partial charge is 0.316 e. The van der Waals surface area contributed by atoms with Crippen molar-refractivity contribution in [2.75, 3.05) is 13.1 Å². The fourth-order valence-electron chi connectivity index (χ4n) is 2.34. The average Bonchev–Trinajstić information content (AvgIpc) is 2.76. The Hall–Kier alpha value is -1.46. The molecule has 0 atom stereocenters. The molecule has 0 spiro atoms. The number of fused-ring (bicyclic) bond motifs is 1. The molecule has 4 nitrogen and oxygen atoms in total. The highest BCUT2D eigenvalue weighted by atomic mass is 35.5. The molecule has 3 rings (SSSR count). The highest BCUT2D eigenvalue weighted by Crippen LogP contribution is 2.21. The van der Waals surface area contributed by atoms with Gasteiger partial charge in [-0.1, -0.05) is 17.7 Å². The van der Waals surface area contributed by atoms with Crippen LogP contribution in [-0.2, 0) is 19.5 Å². The maximum absolute atomic E-state index is 13.8. The van der Waals surface area contributed by atoms with E-state index in [1.54, 1.807) is 18.5 Å². The number of nitrogens with zero attached hydrogens (tertiary/aromatic N) is 4. The van der Waals surface area contributed by atoms with E-state index in [4.69, 9.17) is 11.6 Å². The Labute approximate surface area is 115 Å².